The lowest BCUT2D eigenvalue weighted by molar-refractivity contribution is -0.132. The summed E-state index contributed by atoms with van der Waals surface area (Å²) in [6, 6.07) is 9.34. The Morgan fingerprint density at radius 2 is 2.00 bits per heavy atom. The van der Waals surface area contributed by atoms with Crippen LogP contribution in [0.5, 0.6) is 11.8 Å². The number of alkyl carbamates (subject to hydrolysis) is 1. The van der Waals surface area contributed by atoms with Crippen LogP contribution in [0.15, 0.2) is 42.7 Å². The molecule has 1 unspecified atom stereocenters. The van der Waals surface area contributed by atoms with Gasteiger partial charge in [0.1, 0.15) is 19.3 Å². The minimum Gasteiger partial charge on any atom is -0.480 e. The van der Waals surface area contributed by atoms with Crippen LogP contribution in [0.4, 0.5) is 4.79 Å². The highest BCUT2D eigenvalue weighted by Crippen LogP contribution is 2.18. The zero-order chi connectivity index (χ0) is 20.5. The predicted molar refractivity (Wildman–Crippen MR) is 103 cm³/mol. The maximum absolute atomic E-state index is 12.4. The summed E-state index contributed by atoms with van der Waals surface area (Å²) in [5.41, 5.74) is 0.880. The smallest absolute Gasteiger partial charge is 0.407 e. The van der Waals surface area contributed by atoms with Crippen LogP contribution in [0.25, 0.3) is 0 Å². The van der Waals surface area contributed by atoms with Gasteiger partial charge in [0.05, 0.1) is 26.0 Å². The van der Waals surface area contributed by atoms with E-state index in [0.29, 0.717) is 24.8 Å². The topological polar surface area (TPSA) is 103 Å². The highest BCUT2D eigenvalue weighted by Gasteiger charge is 2.25. The Morgan fingerprint density at radius 3 is 2.79 bits per heavy atom. The lowest BCUT2D eigenvalue weighted by Crippen LogP contribution is -2.48. The number of amides is 2. The lowest BCUT2D eigenvalue weighted by Gasteiger charge is -2.32. The van der Waals surface area contributed by atoms with Gasteiger partial charge < -0.3 is 24.4 Å². The molecule has 1 saturated heterocycles. The molecule has 1 aliphatic heterocycles. The minimum atomic E-state index is -0.626. The van der Waals surface area contributed by atoms with Crippen molar-refractivity contribution in [2.75, 3.05) is 26.7 Å². The minimum absolute atomic E-state index is 0.126. The number of benzene rings is 1. The molecular formula is C20H24N4O5. The normalized spacial score (nSPS) is 16.0. The third-order valence-corrected chi connectivity index (χ3v) is 4.41. The Hall–Kier alpha value is -3.36. The number of hydrogen-bond acceptors (Lipinski definition) is 7. The van der Waals surface area contributed by atoms with Crippen LogP contribution in [0.3, 0.4) is 0 Å². The van der Waals surface area contributed by atoms with E-state index in [0.717, 1.165) is 18.4 Å². The van der Waals surface area contributed by atoms with Gasteiger partial charge in [-0.1, -0.05) is 30.3 Å². The number of rotatable bonds is 7. The van der Waals surface area contributed by atoms with E-state index in [-0.39, 0.29) is 25.2 Å². The van der Waals surface area contributed by atoms with Gasteiger partial charge in [-0.25, -0.2) is 4.79 Å². The first-order valence-electron chi connectivity index (χ1n) is 9.39. The van der Waals surface area contributed by atoms with Crippen molar-refractivity contribution in [3.05, 3.63) is 48.3 Å². The summed E-state index contributed by atoms with van der Waals surface area (Å²) in [4.78, 5) is 34.1. The molecule has 1 aromatic carbocycles. The second-order valence-corrected chi connectivity index (χ2v) is 6.54. The number of piperidine rings is 1. The third kappa shape index (κ3) is 6.34. The zero-order valence-electron chi connectivity index (χ0n) is 16.2. The van der Waals surface area contributed by atoms with Gasteiger partial charge in [0.15, 0.2) is 0 Å². The first-order valence-corrected chi connectivity index (χ1v) is 9.39. The second kappa shape index (κ2) is 10.3. The van der Waals surface area contributed by atoms with Crippen molar-refractivity contribution in [1.82, 2.24) is 20.2 Å². The van der Waals surface area contributed by atoms with E-state index in [1.807, 2.05) is 30.3 Å². The molecule has 0 aliphatic carbocycles. The van der Waals surface area contributed by atoms with Crippen molar-refractivity contribution in [2.45, 2.75) is 25.6 Å². The van der Waals surface area contributed by atoms with Crippen molar-refractivity contribution in [3.8, 4) is 11.8 Å². The summed E-state index contributed by atoms with van der Waals surface area (Å²) in [5.74, 6) is 0.530. The van der Waals surface area contributed by atoms with Crippen molar-refractivity contribution in [3.63, 3.8) is 0 Å². The van der Waals surface area contributed by atoms with Crippen molar-refractivity contribution < 1.29 is 23.8 Å². The van der Waals surface area contributed by atoms with Crippen LogP contribution in [0.2, 0.25) is 0 Å². The molecule has 2 amide bonds. The number of aromatic nitrogens is 2. The number of ether oxygens (including phenoxy) is 3. The summed E-state index contributed by atoms with van der Waals surface area (Å²) < 4.78 is 16.0. The first-order chi connectivity index (χ1) is 14.1. The first kappa shape index (κ1) is 20.4. The Kier molecular flexibility index (Phi) is 7.21. The highest BCUT2D eigenvalue weighted by molar-refractivity contribution is 5.82. The van der Waals surface area contributed by atoms with Crippen LogP contribution in [-0.4, -0.2) is 59.7 Å². The number of likely N-dealkylation sites (tertiary alicyclic amines) is 1. The SMILES string of the molecule is COc1cncc(OC2CCCN(C(=O)CNC(=O)OCc3ccccc3)C2)n1. The summed E-state index contributed by atoms with van der Waals surface area (Å²) in [6.07, 6.45) is 3.78. The standard InChI is InChI=1S/C20H24N4O5/c1-27-17-10-21-11-18(23-17)29-16-8-5-9-24(13-16)19(25)12-22-20(26)28-14-15-6-3-2-4-7-15/h2-4,6-7,10-11,16H,5,8-9,12-14H2,1H3,(H,22,26). The number of methoxy groups -OCH3 is 1. The fraction of sp³-hybridized carbons (Fsp3) is 0.400. The monoisotopic (exact) mass is 400 g/mol. The molecule has 0 saturated carbocycles. The molecular weight excluding hydrogens is 376 g/mol. The molecule has 1 aliphatic rings. The Balaban J connectivity index is 1.42. The number of carbonyl (C=O) groups excluding carboxylic acids is 2. The van der Waals surface area contributed by atoms with Gasteiger partial charge in [0.2, 0.25) is 17.7 Å². The molecule has 2 aromatic rings. The summed E-state index contributed by atoms with van der Waals surface area (Å²) >= 11 is 0. The fourth-order valence-corrected chi connectivity index (χ4v) is 2.95. The van der Waals surface area contributed by atoms with Gasteiger partial charge in [-0.2, -0.15) is 4.98 Å². The molecule has 3 rings (SSSR count). The molecule has 0 bridgehead atoms. The molecule has 29 heavy (non-hydrogen) atoms. The van der Waals surface area contributed by atoms with E-state index in [4.69, 9.17) is 14.2 Å². The Labute approximate surface area is 169 Å². The average Bonchev–Trinajstić information content (AvgIpc) is 2.77. The molecule has 0 radical (unpaired) electrons. The highest BCUT2D eigenvalue weighted by atomic mass is 16.5. The molecule has 1 aromatic heterocycles. The molecule has 1 N–H and O–H groups in total. The summed E-state index contributed by atoms with van der Waals surface area (Å²) in [5, 5.41) is 2.50. The van der Waals surface area contributed by atoms with Gasteiger partial charge in [0, 0.05) is 6.54 Å². The fourth-order valence-electron chi connectivity index (χ4n) is 2.95. The van der Waals surface area contributed by atoms with Gasteiger partial charge in [-0.3, -0.25) is 9.78 Å². The maximum Gasteiger partial charge on any atom is 0.407 e. The van der Waals surface area contributed by atoms with Crippen LogP contribution < -0.4 is 14.8 Å². The van der Waals surface area contributed by atoms with Crippen molar-refractivity contribution in [2.24, 2.45) is 0 Å². The zero-order valence-corrected chi connectivity index (χ0v) is 16.2. The number of hydrogen-bond donors (Lipinski definition) is 1. The Bertz CT molecular complexity index is 818. The van der Waals surface area contributed by atoms with Crippen LogP contribution >= 0.6 is 0 Å². The number of nitrogens with one attached hydrogen (secondary N) is 1. The van der Waals surface area contributed by atoms with E-state index < -0.39 is 6.09 Å². The van der Waals surface area contributed by atoms with Gasteiger partial charge in [0.25, 0.3) is 0 Å². The predicted octanol–water partition coefficient (Wildman–Crippen LogP) is 1.78. The van der Waals surface area contributed by atoms with E-state index in [9.17, 15) is 9.59 Å². The molecule has 1 fully saturated rings. The van der Waals surface area contributed by atoms with Crippen molar-refractivity contribution in [1.29, 1.82) is 0 Å². The van der Waals surface area contributed by atoms with Gasteiger partial charge in [-0.15, -0.1) is 0 Å². The number of nitrogens with zero attached hydrogens (tertiary/aromatic N) is 3. The summed E-state index contributed by atoms with van der Waals surface area (Å²) in [6.45, 7) is 1.06. The van der Waals surface area contributed by atoms with Crippen LogP contribution in [0.1, 0.15) is 18.4 Å². The molecule has 0 spiro atoms. The maximum atomic E-state index is 12.4. The molecule has 2 heterocycles. The molecule has 154 valence electrons. The van der Waals surface area contributed by atoms with Gasteiger partial charge >= 0.3 is 6.09 Å². The second-order valence-electron chi connectivity index (χ2n) is 6.54. The van der Waals surface area contributed by atoms with Crippen LogP contribution in [-0.2, 0) is 16.1 Å². The average molecular weight is 400 g/mol. The third-order valence-electron chi connectivity index (χ3n) is 4.41. The van der Waals surface area contributed by atoms with Gasteiger partial charge in [-0.05, 0) is 18.4 Å². The lowest BCUT2D eigenvalue weighted by atomic mass is 10.1. The van der Waals surface area contributed by atoms with E-state index in [1.165, 1.54) is 19.5 Å². The molecule has 9 heteroatoms. The number of carbonyl (C=O) groups is 2. The molecule has 9 nitrogen and oxygen atoms in total. The Morgan fingerprint density at radius 1 is 1.21 bits per heavy atom. The van der Waals surface area contributed by atoms with E-state index >= 15 is 0 Å². The largest absolute Gasteiger partial charge is 0.480 e. The molecule has 1 atom stereocenters. The quantitative estimate of drug-likeness (QED) is 0.756. The summed E-state index contributed by atoms with van der Waals surface area (Å²) in [7, 11) is 1.51. The van der Waals surface area contributed by atoms with E-state index in [1.54, 1.807) is 4.90 Å². The van der Waals surface area contributed by atoms with Crippen LogP contribution in [0, 0.1) is 0 Å². The van der Waals surface area contributed by atoms with Crippen molar-refractivity contribution >= 4 is 12.0 Å². The van der Waals surface area contributed by atoms with E-state index in [2.05, 4.69) is 15.3 Å².